The van der Waals surface area contributed by atoms with Gasteiger partial charge in [0.1, 0.15) is 0 Å². The van der Waals surface area contributed by atoms with Gasteiger partial charge in [0.25, 0.3) is 0 Å². The summed E-state index contributed by atoms with van der Waals surface area (Å²) in [6.07, 6.45) is 3.96. The molecule has 0 spiro atoms. The highest BCUT2D eigenvalue weighted by Crippen LogP contribution is 2.33. The molecule has 1 fully saturated rings. The number of imidazole rings is 1. The van der Waals surface area contributed by atoms with Gasteiger partial charge in [-0.05, 0) is 24.1 Å². The minimum atomic E-state index is 0.353. The van der Waals surface area contributed by atoms with E-state index in [-0.39, 0.29) is 0 Å². The summed E-state index contributed by atoms with van der Waals surface area (Å²) in [5.41, 5.74) is 4.83. The average Bonchev–Trinajstić information content (AvgIpc) is 3.00. The normalized spacial score (nSPS) is 15.7. The molecule has 1 saturated heterocycles. The molecule has 1 aliphatic rings. The lowest BCUT2D eigenvalue weighted by molar-refractivity contribution is 0.230. The van der Waals surface area contributed by atoms with E-state index in [2.05, 4.69) is 39.6 Å². The first kappa shape index (κ1) is 18.7. The summed E-state index contributed by atoms with van der Waals surface area (Å²) in [4.78, 5) is 11.9. The number of nitrogens with zero attached hydrogens (tertiary/aromatic N) is 4. The van der Waals surface area contributed by atoms with E-state index in [9.17, 15) is 0 Å². The summed E-state index contributed by atoms with van der Waals surface area (Å²) in [7, 11) is 0. The van der Waals surface area contributed by atoms with Gasteiger partial charge >= 0.3 is 0 Å². The Bertz CT molecular complexity index is 960. The van der Waals surface area contributed by atoms with Crippen LogP contribution in [0.1, 0.15) is 31.2 Å². The third kappa shape index (κ3) is 3.83. The van der Waals surface area contributed by atoms with Gasteiger partial charge < -0.3 is 5.32 Å². The molecule has 0 saturated carbocycles. The third-order valence-corrected chi connectivity index (χ3v) is 5.54. The molecule has 5 nitrogen and oxygen atoms in total. The number of halogens is 2. The first-order valence-corrected chi connectivity index (χ1v) is 10.0. The molecule has 3 heterocycles. The first-order valence-electron chi connectivity index (χ1n) is 9.28. The minimum absolute atomic E-state index is 0.353. The van der Waals surface area contributed by atoms with Crippen molar-refractivity contribution in [2.24, 2.45) is 0 Å². The van der Waals surface area contributed by atoms with Crippen molar-refractivity contribution in [2.75, 3.05) is 26.2 Å². The Balaban J connectivity index is 1.86. The fraction of sp³-hybridized carbons (Fsp3) is 0.400. The van der Waals surface area contributed by atoms with Gasteiger partial charge in [0.05, 0.1) is 28.3 Å². The van der Waals surface area contributed by atoms with Crippen LogP contribution >= 0.6 is 23.2 Å². The van der Waals surface area contributed by atoms with Gasteiger partial charge in [-0.1, -0.05) is 37.0 Å². The zero-order chi connectivity index (χ0) is 19.0. The molecule has 1 N–H and O–H groups in total. The van der Waals surface area contributed by atoms with E-state index < -0.39 is 0 Å². The molecule has 0 unspecified atom stereocenters. The van der Waals surface area contributed by atoms with Gasteiger partial charge in [-0.3, -0.25) is 14.3 Å². The van der Waals surface area contributed by atoms with E-state index in [1.165, 1.54) is 0 Å². The summed E-state index contributed by atoms with van der Waals surface area (Å²) >= 11 is 12.6. The highest BCUT2D eigenvalue weighted by Gasteiger charge is 2.21. The number of benzene rings is 1. The molecule has 2 aromatic heterocycles. The molecule has 27 heavy (non-hydrogen) atoms. The van der Waals surface area contributed by atoms with Crippen LogP contribution < -0.4 is 5.32 Å². The van der Waals surface area contributed by atoms with Crippen molar-refractivity contribution in [1.82, 2.24) is 24.6 Å². The predicted molar refractivity (Wildman–Crippen MR) is 111 cm³/mol. The van der Waals surface area contributed by atoms with Crippen LogP contribution in [-0.2, 0) is 6.54 Å². The van der Waals surface area contributed by atoms with Crippen molar-refractivity contribution < 1.29 is 0 Å². The Hall–Kier alpha value is -1.66. The third-order valence-electron chi connectivity index (χ3n) is 4.99. The van der Waals surface area contributed by atoms with Crippen LogP contribution in [0.5, 0.6) is 0 Å². The fourth-order valence-electron chi connectivity index (χ4n) is 3.45. The van der Waals surface area contributed by atoms with E-state index >= 15 is 0 Å². The van der Waals surface area contributed by atoms with Gasteiger partial charge in [-0.15, -0.1) is 0 Å². The van der Waals surface area contributed by atoms with Crippen LogP contribution in [0.25, 0.3) is 16.9 Å². The van der Waals surface area contributed by atoms with Gasteiger partial charge in [0.15, 0.2) is 5.65 Å². The second kappa shape index (κ2) is 7.76. The highest BCUT2D eigenvalue weighted by molar-refractivity contribution is 6.36. The van der Waals surface area contributed by atoms with Crippen LogP contribution in [-0.4, -0.2) is 45.4 Å². The maximum atomic E-state index is 6.52. The summed E-state index contributed by atoms with van der Waals surface area (Å²) in [6.45, 7) is 9.17. The van der Waals surface area contributed by atoms with Crippen LogP contribution in [0.3, 0.4) is 0 Å². The molecule has 0 atom stereocenters. The standard InChI is InChI=1S/C20H23Cl2N5/c1-13(2)17-11-27-18(12-26-7-5-23-6-8-26)20(25-19(27)10-24-17)15-4-3-14(21)9-16(15)22/h3-4,9-11,13,23H,5-8,12H2,1-2H3. The van der Waals surface area contributed by atoms with E-state index in [1.54, 1.807) is 6.07 Å². The van der Waals surface area contributed by atoms with E-state index in [0.29, 0.717) is 16.0 Å². The Kier molecular flexibility index (Phi) is 5.37. The number of hydrogen-bond donors (Lipinski definition) is 1. The molecule has 0 radical (unpaired) electrons. The summed E-state index contributed by atoms with van der Waals surface area (Å²) in [5, 5.41) is 4.65. The lowest BCUT2D eigenvalue weighted by Crippen LogP contribution is -2.43. The fourth-order valence-corrected chi connectivity index (χ4v) is 3.94. The minimum Gasteiger partial charge on any atom is -0.314 e. The maximum Gasteiger partial charge on any atom is 0.156 e. The van der Waals surface area contributed by atoms with Crippen molar-refractivity contribution >= 4 is 28.8 Å². The molecular formula is C20H23Cl2N5. The van der Waals surface area contributed by atoms with Crippen LogP contribution in [0.2, 0.25) is 10.0 Å². The van der Waals surface area contributed by atoms with Crippen molar-refractivity contribution in [3.05, 3.63) is 52.0 Å². The number of nitrogens with one attached hydrogen (secondary N) is 1. The Morgan fingerprint density at radius 3 is 2.67 bits per heavy atom. The Labute approximate surface area is 169 Å². The summed E-state index contributed by atoms with van der Waals surface area (Å²) in [6, 6.07) is 5.58. The topological polar surface area (TPSA) is 45.5 Å². The van der Waals surface area contributed by atoms with Crippen molar-refractivity contribution in [2.45, 2.75) is 26.3 Å². The molecule has 0 amide bonds. The monoisotopic (exact) mass is 403 g/mol. The summed E-state index contributed by atoms with van der Waals surface area (Å²) in [5.74, 6) is 0.353. The number of piperazine rings is 1. The van der Waals surface area contributed by atoms with Crippen molar-refractivity contribution in [3.63, 3.8) is 0 Å². The SMILES string of the molecule is CC(C)c1cn2c(CN3CCNCC3)c(-c3ccc(Cl)cc3Cl)nc2cn1. The molecule has 0 aliphatic carbocycles. The Morgan fingerprint density at radius 1 is 1.19 bits per heavy atom. The van der Waals surface area contributed by atoms with Crippen molar-refractivity contribution in [3.8, 4) is 11.3 Å². The molecule has 4 rings (SSSR count). The van der Waals surface area contributed by atoms with Gasteiger partial charge in [-0.2, -0.15) is 0 Å². The van der Waals surface area contributed by atoms with Gasteiger partial charge in [0, 0.05) is 49.5 Å². The average molecular weight is 404 g/mol. The molecule has 0 bridgehead atoms. The van der Waals surface area contributed by atoms with Crippen LogP contribution in [0, 0.1) is 0 Å². The maximum absolute atomic E-state index is 6.52. The van der Waals surface area contributed by atoms with Crippen LogP contribution in [0.15, 0.2) is 30.6 Å². The lowest BCUT2D eigenvalue weighted by atomic mass is 10.1. The molecule has 142 valence electrons. The largest absolute Gasteiger partial charge is 0.314 e. The zero-order valence-electron chi connectivity index (χ0n) is 15.5. The van der Waals surface area contributed by atoms with Gasteiger partial charge in [-0.25, -0.2) is 4.98 Å². The van der Waals surface area contributed by atoms with Gasteiger partial charge in [0.2, 0.25) is 0 Å². The molecule has 1 aliphatic heterocycles. The summed E-state index contributed by atoms with van der Waals surface area (Å²) < 4.78 is 2.17. The molecule has 1 aromatic carbocycles. The molecule has 3 aromatic rings. The van der Waals surface area contributed by atoms with Crippen LogP contribution in [0.4, 0.5) is 0 Å². The quantitative estimate of drug-likeness (QED) is 0.707. The number of aromatic nitrogens is 3. The lowest BCUT2D eigenvalue weighted by Gasteiger charge is -2.27. The first-order chi connectivity index (χ1) is 13.0. The second-order valence-corrected chi connectivity index (χ2v) is 8.10. The molecule has 7 heteroatoms. The second-order valence-electron chi connectivity index (χ2n) is 7.25. The molecular weight excluding hydrogens is 381 g/mol. The van der Waals surface area contributed by atoms with E-state index in [4.69, 9.17) is 28.2 Å². The van der Waals surface area contributed by atoms with Crippen molar-refractivity contribution in [1.29, 1.82) is 0 Å². The zero-order valence-corrected chi connectivity index (χ0v) is 17.1. The number of hydrogen-bond acceptors (Lipinski definition) is 4. The van der Waals surface area contributed by atoms with E-state index in [1.807, 2.05) is 18.3 Å². The smallest absolute Gasteiger partial charge is 0.156 e. The predicted octanol–water partition coefficient (Wildman–Crippen LogP) is 4.23. The number of rotatable bonds is 4. The highest BCUT2D eigenvalue weighted by atomic mass is 35.5. The Morgan fingerprint density at radius 2 is 1.96 bits per heavy atom. The number of fused-ring (bicyclic) bond motifs is 1. The van der Waals surface area contributed by atoms with E-state index in [0.717, 1.165) is 61.0 Å².